The van der Waals surface area contributed by atoms with E-state index in [1.807, 2.05) is 0 Å². The molecule has 0 aliphatic heterocycles. The third-order valence-corrected chi connectivity index (χ3v) is 1.03. The number of rotatable bonds is 1. The van der Waals surface area contributed by atoms with Crippen molar-refractivity contribution in [3.63, 3.8) is 0 Å². The summed E-state index contributed by atoms with van der Waals surface area (Å²) in [4.78, 5) is 0. The van der Waals surface area contributed by atoms with Gasteiger partial charge in [0.2, 0.25) is 0 Å². The molecular formula is C3HClF6. The number of hydrogen-bond donors (Lipinski definition) is 0. The molecule has 0 bridgehead atoms. The maximum Gasteiger partial charge on any atom is 0.442 e. The van der Waals surface area contributed by atoms with E-state index in [9.17, 15) is 26.3 Å². The molecule has 1 unspecified atom stereocenters. The zero-order chi connectivity index (χ0) is 8.58. The first-order chi connectivity index (χ1) is 4.19. The smallest absolute Gasteiger partial charge is 0.209 e. The molecule has 10 heavy (non-hydrogen) atoms. The van der Waals surface area contributed by atoms with E-state index in [0.29, 0.717) is 0 Å². The Morgan fingerprint density at radius 1 is 1.00 bits per heavy atom. The fourth-order valence-corrected chi connectivity index (χ4v) is 0.124. The molecule has 0 saturated heterocycles. The van der Waals surface area contributed by atoms with Crippen LogP contribution in [0.1, 0.15) is 0 Å². The highest BCUT2D eigenvalue weighted by atomic mass is 35.5. The highest BCUT2D eigenvalue weighted by molar-refractivity contribution is 6.23. The average Bonchev–Trinajstić information content (AvgIpc) is 1.62. The fraction of sp³-hybridized carbons (Fsp3) is 1.00. The van der Waals surface area contributed by atoms with Crippen molar-refractivity contribution in [1.82, 2.24) is 0 Å². The molecule has 0 nitrogen and oxygen atoms in total. The van der Waals surface area contributed by atoms with Gasteiger partial charge in [-0.1, -0.05) is 11.6 Å². The molecule has 0 fully saturated rings. The lowest BCUT2D eigenvalue weighted by Crippen LogP contribution is -2.41. The topological polar surface area (TPSA) is 0 Å². The van der Waals surface area contributed by atoms with Gasteiger partial charge in [-0.15, -0.1) is 0 Å². The van der Waals surface area contributed by atoms with Crippen LogP contribution in [0.3, 0.4) is 0 Å². The Labute approximate surface area is 56.8 Å². The molecule has 0 aromatic heterocycles. The Morgan fingerprint density at radius 2 is 1.30 bits per heavy atom. The normalized spacial score (nSPS) is 19.2. The average molecular weight is 186 g/mol. The van der Waals surface area contributed by atoms with Crippen molar-refractivity contribution < 1.29 is 26.3 Å². The van der Waals surface area contributed by atoms with Crippen LogP contribution in [0.2, 0.25) is 0 Å². The molecule has 0 rings (SSSR count). The molecule has 0 aromatic carbocycles. The highest BCUT2D eigenvalue weighted by Crippen LogP contribution is 2.41. The van der Waals surface area contributed by atoms with E-state index >= 15 is 0 Å². The summed E-state index contributed by atoms with van der Waals surface area (Å²) in [6, 6.07) is 0. The van der Waals surface area contributed by atoms with Crippen LogP contribution in [0.4, 0.5) is 26.3 Å². The first-order valence-electron chi connectivity index (χ1n) is 1.92. The predicted molar refractivity (Wildman–Crippen MR) is 21.8 cm³/mol. The van der Waals surface area contributed by atoms with Crippen molar-refractivity contribution in [3.05, 3.63) is 0 Å². The summed E-state index contributed by atoms with van der Waals surface area (Å²) in [7, 11) is 0. The van der Waals surface area contributed by atoms with Crippen LogP contribution >= 0.6 is 11.6 Å². The molecule has 7 heteroatoms. The van der Waals surface area contributed by atoms with Crippen molar-refractivity contribution in [1.29, 1.82) is 0 Å². The van der Waals surface area contributed by atoms with Gasteiger partial charge in [0.15, 0.2) is 0 Å². The van der Waals surface area contributed by atoms with Crippen molar-refractivity contribution in [3.8, 4) is 0 Å². The molecule has 0 N–H and O–H groups in total. The summed E-state index contributed by atoms with van der Waals surface area (Å²) in [6.45, 7) is 0. The van der Waals surface area contributed by atoms with Gasteiger partial charge in [0.1, 0.15) is 0 Å². The molecule has 62 valence electrons. The lowest BCUT2D eigenvalue weighted by molar-refractivity contribution is -0.231. The second-order valence-electron chi connectivity index (χ2n) is 1.42. The Balaban J connectivity index is 4.40. The van der Waals surface area contributed by atoms with Crippen LogP contribution < -0.4 is 0 Å². The van der Waals surface area contributed by atoms with Gasteiger partial charge >= 0.3 is 11.3 Å². The largest absolute Gasteiger partial charge is 0.442 e. The van der Waals surface area contributed by atoms with Crippen LogP contribution in [0, 0.1) is 0 Å². The van der Waals surface area contributed by atoms with E-state index < -0.39 is 17.7 Å². The minimum atomic E-state index is -5.73. The third-order valence-electron chi connectivity index (χ3n) is 0.652. The summed E-state index contributed by atoms with van der Waals surface area (Å²) in [5, 5.41) is -4.92. The van der Waals surface area contributed by atoms with E-state index in [1.54, 1.807) is 0 Å². The maximum atomic E-state index is 11.6. The Hall–Kier alpha value is -0.130. The lowest BCUT2D eigenvalue weighted by Gasteiger charge is -2.19. The minimum absolute atomic E-state index is 3.81. The van der Waals surface area contributed by atoms with Gasteiger partial charge in [0.05, 0.1) is 0 Å². The summed E-state index contributed by atoms with van der Waals surface area (Å²) < 4.78 is 67.1. The summed E-state index contributed by atoms with van der Waals surface area (Å²) >= 11 is 3.81. The van der Waals surface area contributed by atoms with Gasteiger partial charge in [-0.05, 0) is 0 Å². The van der Waals surface area contributed by atoms with Crippen molar-refractivity contribution in [2.75, 3.05) is 0 Å². The van der Waals surface area contributed by atoms with Gasteiger partial charge < -0.3 is 0 Å². The van der Waals surface area contributed by atoms with E-state index in [2.05, 4.69) is 11.6 Å². The van der Waals surface area contributed by atoms with Crippen LogP contribution in [-0.4, -0.2) is 17.7 Å². The highest BCUT2D eigenvalue weighted by Gasteiger charge is 2.61. The number of alkyl halides is 7. The third kappa shape index (κ3) is 1.68. The Morgan fingerprint density at radius 3 is 1.30 bits per heavy atom. The van der Waals surface area contributed by atoms with Gasteiger partial charge in [-0.2, -0.15) is 13.2 Å². The second kappa shape index (κ2) is 2.48. The first kappa shape index (κ1) is 9.87. The van der Waals surface area contributed by atoms with Crippen LogP contribution in [-0.2, 0) is 0 Å². The van der Waals surface area contributed by atoms with Crippen molar-refractivity contribution in [2.45, 2.75) is 17.7 Å². The van der Waals surface area contributed by atoms with Crippen LogP contribution in [0.25, 0.3) is 0 Å². The summed E-state index contributed by atoms with van der Waals surface area (Å²) in [5.41, 5.74) is 0. The molecule has 0 amide bonds. The number of hydrogen-bond acceptors (Lipinski definition) is 0. The van der Waals surface area contributed by atoms with Crippen LogP contribution in [0.15, 0.2) is 0 Å². The molecule has 1 atom stereocenters. The molecule has 0 aromatic rings. The van der Waals surface area contributed by atoms with E-state index in [0.717, 1.165) is 0 Å². The van der Waals surface area contributed by atoms with E-state index in [-0.39, 0.29) is 0 Å². The first-order valence-corrected chi connectivity index (χ1v) is 2.30. The fourth-order valence-electron chi connectivity index (χ4n) is 0.124. The Kier molecular flexibility index (Phi) is 2.45. The standard InChI is InChI=1S/C3HClF6/c4-2(7,1(5)6)3(8,9)10/h1H. The monoisotopic (exact) mass is 186 g/mol. The Bertz CT molecular complexity index is 115. The molecule has 0 saturated carbocycles. The quantitative estimate of drug-likeness (QED) is 0.436. The van der Waals surface area contributed by atoms with E-state index in [4.69, 9.17) is 0 Å². The molecule has 0 spiro atoms. The van der Waals surface area contributed by atoms with E-state index in [1.165, 1.54) is 0 Å². The molecular weight excluding hydrogens is 185 g/mol. The molecule has 0 aliphatic carbocycles. The summed E-state index contributed by atoms with van der Waals surface area (Å²) in [5.74, 6) is 0. The zero-order valence-electron chi connectivity index (χ0n) is 4.22. The number of halogens is 7. The second-order valence-corrected chi connectivity index (χ2v) is 1.97. The predicted octanol–water partition coefficient (Wildman–Crippen LogP) is 2.72. The van der Waals surface area contributed by atoms with Gasteiger partial charge in [0.25, 0.3) is 6.43 Å². The minimum Gasteiger partial charge on any atom is -0.209 e. The van der Waals surface area contributed by atoms with Gasteiger partial charge in [-0.3, -0.25) is 0 Å². The van der Waals surface area contributed by atoms with Crippen molar-refractivity contribution >= 4 is 11.6 Å². The maximum absolute atomic E-state index is 11.6. The molecule has 0 heterocycles. The van der Waals surface area contributed by atoms with Crippen LogP contribution in [0.5, 0.6) is 0 Å². The molecule has 0 aliphatic rings. The van der Waals surface area contributed by atoms with Crippen molar-refractivity contribution in [2.24, 2.45) is 0 Å². The summed E-state index contributed by atoms with van der Waals surface area (Å²) in [6.07, 6.45) is -10.0. The molecule has 0 radical (unpaired) electrons. The lowest BCUT2D eigenvalue weighted by atomic mass is 10.4. The van der Waals surface area contributed by atoms with Gasteiger partial charge in [0, 0.05) is 0 Å². The zero-order valence-corrected chi connectivity index (χ0v) is 4.98. The van der Waals surface area contributed by atoms with Gasteiger partial charge in [-0.25, -0.2) is 13.2 Å². The SMILES string of the molecule is FC(F)C(F)(Cl)C(F)(F)F.